The number of amides is 1. The van der Waals surface area contributed by atoms with Gasteiger partial charge in [-0.1, -0.05) is 12.8 Å². The third-order valence-corrected chi connectivity index (χ3v) is 10.3. The number of pyridine rings is 1. The van der Waals surface area contributed by atoms with Gasteiger partial charge in [0.1, 0.15) is 11.3 Å². The molecule has 1 N–H and O–H groups in total. The fourth-order valence-electron chi connectivity index (χ4n) is 5.34. The Morgan fingerprint density at radius 3 is 2.29 bits per heavy atom. The Labute approximate surface area is 199 Å². The van der Waals surface area contributed by atoms with Crippen molar-refractivity contribution in [1.29, 1.82) is 0 Å². The number of rotatable bonds is 9. The van der Waals surface area contributed by atoms with Crippen molar-refractivity contribution in [2.45, 2.75) is 82.2 Å². The first-order chi connectivity index (χ1) is 15.9. The van der Waals surface area contributed by atoms with Gasteiger partial charge in [-0.15, -0.1) is 0 Å². The van der Waals surface area contributed by atoms with Crippen LogP contribution in [0.2, 0.25) is 0 Å². The van der Waals surface area contributed by atoms with Crippen LogP contribution in [0.3, 0.4) is 0 Å². The quantitative estimate of drug-likeness (QED) is 0.525. The first kappa shape index (κ1) is 25.3. The summed E-state index contributed by atoms with van der Waals surface area (Å²) in [6.45, 7) is 1.92. The maximum atomic E-state index is 13.0. The van der Waals surface area contributed by atoms with Crippen molar-refractivity contribution in [3.8, 4) is 5.88 Å². The van der Waals surface area contributed by atoms with E-state index >= 15 is 0 Å². The molecule has 10 heteroatoms. The molecule has 190 valence electrons. The molecule has 6 nitrogen and oxygen atoms in total. The van der Waals surface area contributed by atoms with Gasteiger partial charge in [0.2, 0.25) is 5.88 Å². The highest BCUT2D eigenvalue weighted by Gasteiger charge is 2.47. The largest absolute Gasteiger partial charge is 0.480 e. The van der Waals surface area contributed by atoms with E-state index in [0.717, 1.165) is 44.2 Å². The van der Waals surface area contributed by atoms with Gasteiger partial charge < -0.3 is 10.1 Å². The molecule has 1 aromatic heterocycles. The average Bonchev–Trinajstić information content (AvgIpc) is 3.70. The summed E-state index contributed by atoms with van der Waals surface area (Å²) < 4.78 is 69.6. The van der Waals surface area contributed by atoms with Crippen molar-refractivity contribution < 1.29 is 31.1 Å². The van der Waals surface area contributed by atoms with Crippen LogP contribution in [-0.2, 0) is 16.0 Å². The molecule has 1 amide bonds. The molecule has 1 unspecified atom stereocenters. The number of hydrogen-bond acceptors (Lipinski definition) is 5. The lowest BCUT2D eigenvalue weighted by molar-refractivity contribution is -0.141. The number of alkyl halides is 3. The molecule has 0 spiro atoms. The van der Waals surface area contributed by atoms with Crippen molar-refractivity contribution in [3.05, 3.63) is 23.4 Å². The molecular formula is C24H33F3N2O4S. The fraction of sp³-hybridized carbons (Fsp3) is 0.750. The molecule has 0 bridgehead atoms. The molecule has 0 aliphatic heterocycles. The first-order valence-electron chi connectivity index (χ1n) is 12.1. The summed E-state index contributed by atoms with van der Waals surface area (Å²) >= 11 is 0. The number of sulfone groups is 1. The molecule has 0 radical (unpaired) electrons. The summed E-state index contributed by atoms with van der Waals surface area (Å²) in [5.41, 5.74) is -1.40. The Balaban J connectivity index is 1.47. The van der Waals surface area contributed by atoms with Gasteiger partial charge in [-0.05, 0) is 81.3 Å². The summed E-state index contributed by atoms with van der Waals surface area (Å²) in [6, 6.07) is 1.60. The second-order valence-corrected chi connectivity index (χ2v) is 12.8. The van der Waals surface area contributed by atoms with Gasteiger partial charge >= 0.3 is 6.18 Å². The van der Waals surface area contributed by atoms with Gasteiger partial charge in [-0.25, -0.2) is 13.4 Å². The van der Waals surface area contributed by atoms with E-state index < -0.39 is 27.6 Å². The predicted octanol–water partition coefficient (Wildman–Crippen LogP) is 4.78. The lowest BCUT2D eigenvalue weighted by Crippen LogP contribution is -2.49. The van der Waals surface area contributed by atoms with E-state index in [1.165, 1.54) is 7.11 Å². The highest BCUT2D eigenvalue weighted by Crippen LogP contribution is 2.51. The van der Waals surface area contributed by atoms with Crippen molar-refractivity contribution in [1.82, 2.24) is 10.3 Å². The monoisotopic (exact) mass is 502 g/mol. The fourth-order valence-corrected chi connectivity index (χ4v) is 7.56. The first-order valence-corrected chi connectivity index (χ1v) is 13.8. The molecule has 3 aliphatic rings. The van der Waals surface area contributed by atoms with E-state index in [2.05, 4.69) is 10.3 Å². The number of hydrogen-bond donors (Lipinski definition) is 1. The SMILES string of the molecule is COc1nc(C(F)(F)F)ccc1C(=O)NC(C)C1(CC2CC2)CCC(S(=O)(=O)CC2CC2)CC1. The summed E-state index contributed by atoms with van der Waals surface area (Å²) in [6.07, 6.45) is 3.18. The molecule has 0 saturated heterocycles. The van der Waals surface area contributed by atoms with E-state index in [1.54, 1.807) is 0 Å². The normalized spacial score (nSPS) is 26.7. The molecule has 1 heterocycles. The maximum absolute atomic E-state index is 13.0. The third-order valence-electron chi connectivity index (χ3n) is 7.85. The molecule has 1 aromatic rings. The zero-order chi connectivity index (χ0) is 24.7. The minimum atomic E-state index is -4.64. The van der Waals surface area contributed by atoms with Gasteiger partial charge in [0.25, 0.3) is 5.91 Å². The number of methoxy groups -OCH3 is 1. The number of nitrogens with one attached hydrogen (secondary N) is 1. The summed E-state index contributed by atoms with van der Waals surface area (Å²) in [5.74, 6) is 0.296. The van der Waals surface area contributed by atoms with Crippen LogP contribution >= 0.6 is 0 Å². The van der Waals surface area contributed by atoms with Crippen LogP contribution in [0, 0.1) is 17.3 Å². The van der Waals surface area contributed by atoms with Gasteiger partial charge in [0, 0.05) is 6.04 Å². The second kappa shape index (κ2) is 9.32. The number of nitrogens with zero attached hydrogens (tertiary/aromatic N) is 1. The zero-order valence-electron chi connectivity index (χ0n) is 19.7. The van der Waals surface area contributed by atoms with E-state index in [9.17, 15) is 26.4 Å². The topological polar surface area (TPSA) is 85.4 Å². The Bertz CT molecular complexity index is 1010. The molecule has 3 saturated carbocycles. The van der Waals surface area contributed by atoms with Crippen LogP contribution in [0.5, 0.6) is 5.88 Å². The zero-order valence-corrected chi connectivity index (χ0v) is 20.5. The van der Waals surface area contributed by atoms with Gasteiger partial charge in [0.15, 0.2) is 9.84 Å². The molecule has 4 rings (SSSR count). The summed E-state index contributed by atoms with van der Waals surface area (Å²) in [4.78, 5) is 16.5. The predicted molar refractivity (Wildman–Crippen MR) is 121 cm³/mol. The maximum Gasteiger partial charge on any atom is 0.433 e. The van der Waals surface area contributed by atoms with Gasteiger partial charge in [-0.3, -0.25) is 4.79 Å². The minimum absolute atomic E-state index is 0.0513. The lowest BCUT2D eigenvalue weighted by atomic mass is 9.66. The summed E-state index contributed by atoms with van der Waals surface area (Å²) in [7, 11) is -1.92. The highest BCUT2D eigenvalue weighted by atomic mass is 32.2. The molecule has 0 aromatic carbocycles. The van der Waals surface area contributed by atoms with E-state index in [0.29, 0.717) is 43.3 Å². The van der Waals surface area contributed by atoms with Crippen LogP contribution < -0.4 is 10.1 Å². The Morgan fingerprint density at radius 2 is 1.76 bits per heavy atom. The van der Waals surface area contributed by atoms with E-state index in [-0.39, 0.29) is 28.2 Å². The number of carbonyl (C=O) groups excluding carboxylic acids is 1. The second-order valence-electron chi connectivity index (χ2n) is 10.4. The van der Waals surface area contributed by atoms with Crippen LogP contribution in [-0.4, -0.2) is 43.5 Å². The number of ether oxygens (including phenoxy) is 1. The van der Waals surface area contributed by atoms with Crippen LogP contribution in [0.4, 0.5) is 13.2 Å². The lowest BCUT2D eigenvalue weighted by Gasteiger charge is -2.45. The molecule has 3 fully saturated rings. The van der Waals surface area contributed by atoms with E-state index in [4.69, 9.17) is 4.74 Å². The van der Waals surface area contributed by atoms with Crippen molar-refractivity contribution >= 4 is 15.7 Å². The summed E-state index contributed by atoms with van der Waals surface area (Å²) in [5, 5.41) is 2.66. The van der Waals surface area contributed by atoms with Crippen LogP contribution in [0.1, 0.15) is 80.8 Å². The Morgan fingerprint density at radius 1 is 1.15 bits per heavy atom. The smallest absolute Gasteiger partial charge is 0.433 e. The van der Waals surface area contributed by atoms with Crippen molar-refractivity contribution in [2.24, 2.45) is 17.3 Å². The number of halogens is 3. The average molecular weight is 503 g/mol. The number of carbonyl (C=O) groups is 1. The van der Waals surface area contributed by atoms with Crippen molar-refractivity contribution in [2.75, 3.05) is 12.9 Å². The van der Waals surface area contributed by atoms with E-state index in [1.807, 2.05) is 6.92 Å². The molecule has 3 aliphatic carbocycles. The Hall–Kier alpha value is -1.84. The third kappa shape index (κ3) is 5.69. The molecule has 1 atom stereocenters. The van der Waals surface area contributed by atoms with Crippen molar-refractivity contribution in [3.63, 3.8) is 0 Å². The number of aromatic nitrogens is 1. The van der Waals surface area contributed by atoms with Crippen LogP contribution in [0.25, 0.3) is 0 Å². The standard InChI is InChI=1S/C24H33F3N2O4S/c1-15(28-21(30)19-7-8-20(24(25,26)27)29-22(19)33-2)23(13-16-3-4-16)11-9-18(10-12-23)34(31,32)14-17-5-6-17/h7-8,15-18H,3-6,9-14H2,1-2H3,(H,28,30). The Kier molecular flexibility index (Phi) is 6.92. The highest BCUT2D eigenvalue weighted by molar-refractivity contribution is 7.92. The van der Waals surface area contributed by atoms with Gasteiger partial charge in [-0.2, -0.15) is 13.2 Å². The molecular weight excluding hydrogens is 469 g/mol. The van der Waals surface area contributed by atoms with Gasteiger partial charge in [0.05, 0.1) is 18.1 Å². The molecule has 34 heavy (non-hydrogen) atoms. The minimum Gasteiger partial charge on any atom is -0.480 e. The van der Waals surface area contributed by atoms with Crippen LogP contribution in [0.15, 0.2) is 12.1 Å².